The van der Waals surface area contributed by atoms with Gasteiger partial charge in [0.2, 0.25) is 5.69 Å². The van der Waals surface area contributed by atoms with Gasteiger partial charge in [-0.25, -0.2) is 8.78 Å². The fourth-order valence-corrected chi connectivity index (χ4v) is 5.10. The van der Waals surface area contributed by atoms with E-state index in [1.54, 1.807) is 12.1 Å². The zero-order valence-electron chi connectivity index (χ0n) is 20.5. The second-order valence-electron chi connectivity index (χ2n) is 9.76. The van der Waals surface area contributed by atoms with Gasteiger partial charge in [0.05, 0.1) is 5.41 Å². The number of hydrogen-bond acceptors (Lipinski definition) is 1. The molecule has 4 rings (SSSR count). The summed E-state index contributed by atoms with van der Waals surface area (Å²) in [5.41, 5.74) is 5.82. The predicted octanol–water partition coefficient (Wildman–Crippen LogP) is 3.95. The van der Waals surface area contributed by atoms with Crippen LogP contribution in [0.4, 0.5) is 20.2 Å². The highest BCUT2D eigenvalue weighted by atomic mass is 127. The van der Waals surface area contributed by atoms with Gasteiger partial charge >= 0.3 is 0 Å². The Balaban J connectivity index is 0.00000324. The molecule has 2 nitrogen and oxygen atoms in total. The van der Waals surface area contributed by atoms with Gasteiger partial charge < -0.3 is 28.9 Å². The normalized spacial score (nSPS) is 19.5. The maximum absolute atomic E-state index is 13.8. The zero-order valence-corrected chi connectivity index (χ0v) is 22.7. The van der Waals surface area contributed by atoms with Crippen molar-refractivity contribution in [3.63, 3.8) is 0 Å². The first-order chi connectivity index (χ1) is 15.5. The van der Waals surface area contributed by atoms with Crippen molar-refractivity contribution < 1.29 is 37.3 Å². The Morgan fingerprint density at radius 2 is 1.38 bits per heavy atom. The van der Waals surface area contributed by atoms with Gasteiger partial charge in [0, 0.05) is 41.6 Å². The molecular weight excluding hydrogens is 541 g/mol. The first-order valence-corrected chi connectivity index (χ1v) is 11.2. The molecule has 2 heterocycles. The monoisotopic (exact) mass is 572 g/mol. The van der Waals surface area contributed by atoms with Crippen molar-refractivity contribution in [1.29, 1.82) is 0 Å². The molecule has 0 atom stereocenters. The first kappa shape index (κ1) is 26.1. The molecule has 0 bridgehead atoms. The Kier molecular flexibility index (Phi) is 7.37. The molecule has 0 saturated carbocycles. The molecule has 34 heavy (non-hydrogen) atoms. The average Bonchev–Trinajstić information content (AvgIpc) is 3.06. The molecule has 2 aliphatic rings. The van der Waals surface area contributed by atoms with Crippen molar-refractivity contribution in [3.8, 4) is 0 Å². The highest BCUT2D eigenvalue weighted by Crippen LogP contribution is 2.47. The van der Waals surface area contributed by atoms with Crippen LogP contribution in [0, 0.1) is 11.6 Å². The summed E-state index contributed by atoms with van der Waals surface area (Å²) in [6, 6.07) is 9.96. The minimum absolute atomic E-state index is 0. The molecule has 178 valence electrons. The standard InChI is InChI=1S/C29H31F2N2.HI/c1-28(2)22-18-20(30)14-16-24(22)32(5)26(28)12-10-8-7-9-11-13-27-29(3,4)23-19-21(31)15-17-25(23)33(27)6;/h7-19H,1-6H3;1H/q+1;/p-1. The van der Waals surface area contributed by atoms with Gasteiger partial charge in [-0.05, 0) is 55.8 Å². The number of nitrogens with zero attached hydrogens (tertiary/aromatic N) is 2. The number of fused-ring (bicyclic) bond motifs is 2. The molecule has 5 heteroatoms. The van der Waals surface area contributed by atoms with Crippen molar-refractivity contribution in [2.45, 2.75) is 38.5 Å². The minimum Gasteiger partial charge on any atom is -1.00 e. The lowest BCUT2D eigenvalue weighted by atomic mass is 9.81. The number of halogens is 3. The van der Waals surface area contributed by atoms with Crippen LogP contribution in [0.5, 0.6) is 0 Å². The fourth-order valence-electron chi connectivity index (χ4n) is 5.10. The third-order valence-corrected chi connectivity index (χ3v) is 6.94. The molecule has 2 aromatic carbocycles. The molecule has 0 aromatic heterocycles. The summed E-state index contributed by atoms with van der Waals surface area (Å²) in [5, 5.41) is 0. The summed E-state index contributed by atoms with van der Waals surface area (Å²) in [7, 11) is 4.04. The third kappa shape index (κ3) is 4.42. The molecule has 2 aliphatic heterocycles. The van der Waals surface area contributed by atoms with E-state index in [4.69, 9.17) is 0 Å². The number of likely N-dealkylation sites (N-methyl/N-ethyl adjacent to an activating group) is 1. The van der Waals surface area contributed by atoms with Gasteiger partial charge in [0.25, 0.3) is 0 Å². The summed E-state index contributed by atoms with van der Waals surface area (Å²) in [4.78, 5) is 2.12. The highest BCUT2D eigenvalue weighted by Gasteiger charge is 2.43. The maximum Gasteiger partial charge on any atom is 0.209 e. The van der Waals surface area contributed by atoms with Crippen LogP contribution in [0.1, 0.15) is 38.8 Å². The van der Waals surface area contributed by atoms with Crippen molar-refractivity contribution >= 4 is 17.1 Å². The van der Waals surface area contributed by atoms with Gasteiger partial charge in [-0.2, -0.15) is 4.58 Å². The number of hydrogen-bond donors (Lipinski definition) is 0. The predicted molar refractivity (Wildman–Crippen MR) is 134 cm³/mol. The molecule has 0 radical (unpaired) electrons. The summed E-state index contributed by atoms with van der Waals surface area (Å²) < 4.78 is 29.7. The van der Waals surface area contributed by atoms with E-state index in [1.807, 2.05) is 56.6 Å². The van der Waals surface area contributed by atoms with E-state index in [9.17, 15) is 8.78 Å². The average molecular weight is 572 g/mol. The lowest BCUT2D eigenvalue weighted by Gasteiger charge is -2.23. The molecule has 0 fully saturated rings. The highest BCUT2D eigenvalue weighted by molar-refractivity contribution is 6.03. The van der Waals surface area contributed by atoms with Crippen LogP contribution in [-0.2, 0) is 10.8 Å². The summed E-state index contributed by atoms with van der Waals surface area (Å²) in [5.74, 6) is -0.409. The molecule has 0 spiro atoms. The SMILES string of the molecule is CN1C(=CC=CC=CC=CC2=[N+](C)c3ccc(F)cc3C2(C)C)C(C)(C)c2cc(F)ccc21.[I-]. The van der Waals surface area contributed by atoms with Crippen molar-refractivity contribution in [2.24, 2.45) is 0 Å². The van der Waals surface area contributed by atoms with Crippen LogP contribution in [0.25, 0.3) is 0 Å². The second-order valence-corrected chi connectivity index (χ2v) is 9.76. The van der Waals surface area contributed by atoms with E-state index >= 15 is 0 Å². The Morgan fingerprint density at radius 3 is 2.09 bits per heavy atom. The number of rotatable bonds is 4. The van der Waals surface area contributed by atoms with Crippen LogP contribution in [0.3, 0.4) is 0 Å². The van der Waals surface area contributed by atoms with Gasteiger partial charge in [-0.1, -0.05) is 44.2 Å². The number of anilines is 1. The van der Waals surface area contributed by atoms with E-state index in [0.717, 1.165) is 33.9 Å². The van der Waals surface area contributed by atoms with E-state index in [-0.39, 0.29) is 46.4 Å². The third-order valence-electron chi connectivity index (χ3n) is 6.94. The van der Waals surface area contributed by atoms with E-state index in [0.29, 0.717) is 0 Å². The van der Waals surface area contributed by atoms with Crippen LogP contribution >= 0.6 is 0 Å². The van der Waals surface area contributed by atoms with Crippen LogP contribution in [0.15, 0.2) is 84.6 Å². The molecule has 0 N–H and O–H groups in total. The Bertz CT molecular complexity index is 1260. The second kappa shape index (κ2) is 9.61. The Morgan fingerprint density at radius 1 is 0.794 bits per heavy atom. The smallest absolute Gasteiger partial charge is 0.209 e. The first-order valence-electron chi connectivity index (χ1n) is 11.2. The van der Waals surface area contributed by atoms with E-state index < -0.39 is 0 Å². The molecule has 2 aromatic rings. The summed E-state index contributed by atoms with van der Waals surface area (Å²) in [6.07, 6.45) is 14.2. The summed E-state index contributed by atoms with van der Waals surface area (Å²) in [6.45, 7) is 8.48. The topological polar surface area (TPSA) is 6.25 Å². The largest absolute Gasteiger partial charge is 1.00 e. The zero-order chi connectivity index (χ0) is 24.0. The van der Waals surface area contributed by atoms with Crippen molar-refractivity contribution in [1.82, 2.24) is 0 Å². The van der Waals surface area contributed by atoms with Gasteiger partial charge in [-0.15, -0.1) is 0 Å². The van der Waals surface area contributed by atoms with Gasteiger partial charge in [0.15, 0.2) is 5.71 Å². The lowest BCUT2D eigenvalue weighted by Crippen LogP contribution is -3.00. The van der Waals surface area contributed by atoms with Crippen LogP contribution < -0.4 is 28.9 Å². The molecule has 0 aliphatic carbocycles. The quantitative estimate of drug-likeness (QED) is 0.306. The maximum atomic E-state index is 13.8. The van der Waals surface area contributed by atoms with Crippen molar-refractivity contribution in [2.75, 3.05) is 19.0 Å². The van der Waals surface area contributed by atoms with Crippen LogP contribution in [0.2, 0.25) is 0 Å². The number of allylic oxidation sites excluding steroid dienone is 8. The molecule has 0 unspecified atom stereocenters. The lowest BCUT2D eigenvalue weighted by molar-refractivity contribution is -0.401. The number of benzene rings is 2. The fraction of sp³-hybridized carbons (Fsp3) is 0.276. The molecular formula is C29H31F2IN2. The minimum atomic E-state index is -0.260. The van der Waals surface area contributed by atoms with E-state index in [2.05, 4.69) is 49.3 Å². The van der Waals surface area contributed by atoms with Crippen molar-refractivity contribution in [3.05, 3.63) is 107 Å². The van der Waals surface area contributed by atoms with E-state index in [1.165, 1.54) is 12.1 Å². The molecule has 0 saturated heterocycles. The van der Waals surface area contributed by atoms with Crippen LogP contribution in [-0.4, -0.2) is 24.4 Å². The Hall–Kier alpha value is -2.54. The summed E-state index contributed by atoms with van der Waals surface area (Å²) >= 11 is 0. The van der Waals surface area contributed by atoms with Gasteiger partial charge in [0.1, 0.15) is 18.7 Å². The Labute approximate surface area is 218 Å². The van der Waals surface area contributed by atoms with Gasteiger partial charge in [-0.3, -0.25) is 0 Å². The molecule has 0 amide bonds.